The van der Waals surface area contributed by atoms with E-state index in [4.69, 9.17) is 0 Å². The first kappa shape index (κ1) is 11.1. The lowest BCUT2D eigenvalue weighted by molar-refractivity contribution is -0.607. The Hall–Kier alpha value is -2.42. The Morgan fingerprint density at radius 3 is 2.47 bits per heavy atom. The summed E-state index contributed by atoms with van der Waals surface area (Å²) in [6.07, 6.45) is 4.40. The zero-order valence-corrected chi connectivity index (χ0v) is 9.11. The second kappa shape index (κ2) is 5.07. The lowest BCUT2D eigenvalue weighted by atomic mass is 10.1. The topological polar surface area (TPSA) is 44.0 Å². The number of ketones is 1. The van der Waals surface area contributed by atoms with Gasteiger partial charge in [0.25, 0.3) is 11.5 Å². The number of aromatic nitrogens is 1. The predicted molar refractivity (Wildman–Crippen MR) is 65.2 cm³/mol. The molecule has 0 saturated heterocycles. The summed E-state index contributed by atoms with van der Waals surface area (Å²) in [6, 6.07) is 14.2. The second-order valence-corrected chi connectivity index (χ2v) is 3.52. The lowest BCUT2D eigenvalue weighted by Gasteiger charge is -1.99. The summed E-state index contributed by atoms with van der Waals surface area (Å²) >= 11 is 0. The summed E-state index contributed by atoms with van der Waals surface area (Å²) in [6.45, 7) is 0. The van der Waals surface area contributed by atoms with Crippen LogP contribution in [0.5, 0.6) is 0 Å². The van der Waals surface area contributed by atoms with Crippen LogP contribution < -0.4 is 4.73 Å². The van der Waals surface area contributed by atoms with Gasteiger partial charge in [-0.15, -0.1) is 0 Å². The molecule has 0 spiro atoms. The fourth-order valence-electron chi connectivity index (χ4n) is 1.44. The van der Waals surface area contributed by atoms with Gasteiger partial charge in [0.15, 0.2) is 6.20 Å². The summed E-state index contributed by atoms with van der Waals surface area (Å²) < 4.78 is 0.567. The third-order valence-electron chi connectivity index (χ3n) is 2.30. The zero-order chi connectivity index (χ0) is 12.1. The van der Waals surface area contributed by atoms with Gasteiger partial charge < -0.3 is 5.21 Å². The Morgan fingerprint density at radius 2 is 1.76 bits per heavy atom. The SMILES string of the molecule is O=C(/C=C/c1ccccc1)c1cccc[n+]1[O-]. The summed E-state index contributed by atoms with van der Waals surface area (Å²) in [5, 5.41) is 11.3. The highest BCUT2D eigenvalue weighted by molar-refractivity contribution is 6.04. The predicted octanol–water partition coefficient (Wildman–Crippen LogP) is 2.22. The summed E-state index contributed by atoms with van der Waals surface area (Å²) in [5.74, 6) is -0.301. The van der Waals surface area contributed by atoms with Crippen molar-refractivity contribution in [1.29, 1.82) is 0 Å². The number of carbonyl (C=O) groups is 1. The molecular formula is C14H11NO2. The lowest BCUT2D eigenvalue weighted by Crippen LogP contribution is -2.33. The molecule has 84 valence electrons. The number of carbonyl (C=O) groups excluding carboxylic acids is 1. The summed E-state index contributed by atoms with van der Waals surface area (Å²) in [4.78, 5) is 11.7. The van der Waals surface area contributed by atoms with Gasteiger partial charge in [-0.05, 0) is 17.7 Å². The van der Waals surface area contributed by atoms with E-state index < -0.39 is 0 Å². The molecule has 2 rings (SSSR count). The minimum Gasteiger partial charge on any atom is -0.618 e. The molecule has 3 heteroatoms. The highest BCUT2D eigenvalue weighted by Gasteiger charge is 2.10. The molecule has 2 aromatic rings. The molecule has 0 atom stereocenters. The molecular weight excluding hydrogens is 214 g/mol. The maximum absolute atomic E-state index is 11.7. The van der Waals surface area contributed by atoms with Gasteiger partial charge in [-0.25, -0.2) is 0 Å². The number of benzene rings is 1. The van der Waals surface area contributed by atoms with Crippen LogP contribution in [0.25, 0.3) is 6.08 Å². The number of rotatable bonds is 3. The Morgan fingerprint density at radius 1 is 1.06 bits per heavy atom. The Balaban J connectivity index is 2.18. The molecule has 0 aliphatic carbocycles. The standard InChI is InChI=1S/C14H11NO2/c16-14(13-8-4-5-11-15(13)17)10-9-12-6-2-1-3-7-12/h1-11H/b10-9+. The van der Waals surface area contributed by atoms with Crippen molar-refractivity contribution in [2.24, 2.45) is 0 Å². The van der Waals surface area contributed by atoms with Crippen LogP contribution in [-0.4, -0.2) is 5.78 Å². The van der Waals surface area contributed by atoms with Crippen LogP contribution >= 0.6 is 0 Å². The molecule has 1 aromatic carbocycles. The van der Waals surface area contributed by atoms with Gasteiger partial charge in [-0.1, -0.05) is 36.4 Å². The van der Waals surface area contributed by atoms with E-state index in [-0.39, 0.29) is 11.5 Å². The first-order chi connectivity index (χ1) is 8.27. The fourth-order valence-corrected chi connectivity index (χ4v) is 1.44. The first-order valence-electron chi connectivity index (χ1n) is 5.23. The maximum atomic E-state index is 11.7. The van der Waals surface area contributed by atoms with E-state index in [9.17, 15) is 10.0 Å². The van der Waals surface area contributed by atoms with Crippen molar-refractivity contribution in [2.45, 2.75) is 0 Å². The average Bonchev–Trinajstić information content (AvgIpc) is 2.38. The van der Waals surface area contributed by atoms with Crippen LogP contribution in [0.1, 0.15) is 16.1 Å². The third-order valence-corrected chi connectivity index (χ3v) is 2.30. The minimum atomic E-state index is -0.301. The van der Waals surface area contributed by atoms with Gasteiger partial charge in [0.2, 0.25) is 0 Å². The van der Waals surface area contributed by atoms with Gasteiger partial charge in [0, 0.05) is 12.1 Å². The molecule has 0 radical (unpaired) electrons. The number of pyridine rings is 1. The number of hydrogen-bond donors (Lipinski definition) is 0. The Bertz CT molecular complexity index is 547. The summed E-state index contributed by atoms with van der Waals surface area (Å²) in [5.41, 5.74) is 1.05. The monoisotopic (exact) mass is 225 g/mol. The largest absolute Gasteiger partial charge is 0.618 e. The molecule has 0 bridgehead atoms. The van der Waals surface area contributed by atoms with Crippen molar-refractivity contribution in [1.82, 2.24) is 0 Å². The molecule has 1 heterocycles. The Kier molecular flexibility index (Phi) is 3.31. The maximum Gasteiger partial charge on any atom is 0.264 e. The van der Waals surface area contributed by atoms with Crippen molar-refractivity contribution in [2.75, 3.05) is 0 Å². The molecule has 0 N–H and O–H groups in total. The van der Waals surface area contributed by atoms with Crippen molar-refractivity contribution >= 4 is 11.9 Å². The summed E-state index contributed by atoms with van der Waals surface area (Å²) in [7, 11) is 0. The molecule has 0 aliphatic heterocycles. The Labute approximate surface area is 99.2 Å². The number of allylic oxidation sites excluding steroid dienone is 1. The van der Waals surface area contributed by atoms with Crippen molar-refractivity contribution in [3.05, 3.63) is 77.3 Å². The number of hydrogen-bond acceptors (Lipinski definition) is 2. The second-order valence-electron chi connectivity index (χ2n) is 3.52. The quantitative estimate of drug-likeness (QED) is 0.348. The van der Waals surface area contributed by atoms with E-state index in [1.54, 1.807) is 18.2 Å². The first-order valence-corrected chi connectivity index (χ1v) is 5.23. The van der Waals surface area contributed by atoms with Crippen molar-refractivity contribution < 1.29 is 9.52 Å². The molecule has 0 unspecified atom stereocenters. The smallest absolute Gasteiger partial charge is 0.264 e. The molecule has 17 heavy (non-hydrogen) atoms. The van der Waals surface area contributed by atoms with Crippen LogP contribution in [0, 0.1) is 5.21 Å². The highest BCUT2D eigenvalue weighted by Crippen LogP contribution is 2.02. The van der Waals surface area contributed by atoms with E-state index in [0.717, 1.165) is 5.56 Å². The van der Waals surface area contributed by atoms with Crippen molar-refractivity contribution in [3.63, 3.8) is 0 Å². The minimum absolute atomic E-state index is 0.125. The van der Waals surface area contributed by atoms with Gasteiger partial charge in [-0.3, -0.25) is 4.79 Å². The molecule has 1 aromatic heterocycles. The normalized spacial score (nSPS) is 10.6. The van der Waals surface area contributed by atoms with E-state index >= 15 is 0 Å². The molecule has 3 nitrogen and oxygen atoms in total. The van der Waals surface area contributed by atoms with Gasteiger partial charge >= 0.3 is 0 Å². The van der Waals surface area contributed by atoms with Crippen LogP contribution in [0.15, 0.2) is 60.8 Å². The molecule has 0 fully saturated rings. The van der Waals surface area contributed by atoms with E-state index in [0.29, 0.717) is 4.73 Å². The van der Waals surface area contributed by atoms with Gasteiger partial charge in [0.05, 0.1) is 0 Å². The van der Waals surface area contributed by atoms with E-state index in [1.807, 2.05) is 30.3 Å². The number of nitrogens with zero attached hydrogens (tertiary/aromatic N) is 1. The highest BCUT2D eigenvalue weighted by atomic mass is 16.5. The van der Waals surface area contributed by atoms with E-state index in [1.165, 1.54) is 18.3 Å². The van der Waals surface area contributed by atoms with Crippen LogP contribution in [0.2, 0.25) is 0 Å². The third kappa shape index (κ3) is 2.78. The van der Waals surface area contributed by atoms with Gasteiger partial charge in [-0.2, -0.15) is 4.73 Å². The molecule has 0 saturated carbocycles. The van der Waals surface area contributed by atoms with Crippen LogP contribution in [0.3, 0.4) is 0 Å². The molecule has 0 amide bonds. The van der Waals surface area contributed by atoms with Gasteiger partial charge in [0.1, 0.15) is 0 Å². The van der Waals surface area contributed by atoms with Crippen LogP contribution in [0.4, 0.5) is 0 Å². The fraction of sp³-hybridized carbons (Fsp3) is 0. The van der Waals surface area contributed by atoms with E-state index in [2.05, 4.69) is 0 Å². The zero-order valence-electron chi connectivity index (χ0n) is 9.11. The average molecular weight is 225 g/mol. The molecule has 0 aliphatic rings. The van der Waals surface area contributed by atoms with Crippen LogP contribution in [-0.2, 0) is 0 Å². The van der Waals surface area contributed by atoms with Crippen molar-refractivity contribution in [3.8, 4) is 0 Å².